The molecule has 0 amide bonds. The first-order chi connectivity index (χ1) is 7.27. The molecule has 0 saturated carbocycles. The summed E-state index contributed by atoms with van der Waals surface area (Å²) in [4.78, 5) is 2.18. The SMILES string of the molecule is CN1CCOC(C(O)c2ccccc2)C1. The Morgan fingerprint density at radius 1 is 1.40 bits per heavy atom. The molecule has 1 N–H and O–H groups in total. The lowest BCUT2D eigenvalue weighted by molar-refractivity contribution is -0.0844. The van der Waals surface area contributed by atoms with Crippen LogP contribution in [0.2, 0.25) is 0 Å². The molecule has 2 unspecified atom stereocenters. The Labute approximate surface area is 90.3 Å². The van der Waals surface area contributed by atoms with E-state index in [9.17, 15) is 5.11 Å². The number of rotatable bonds is 2. The Morgan fingerprint density at radius 2 is 2.13 bits per heavy atom. The lowest BCUT2D eigenvalue weighted by Crippen LogP contribution is -2.42. The number of aliphatic hydroxyl groups excluding tert-OH is 1. The normalized spacial score (nSPS) is 25.1. The summed E-state index contributed by atoms with van der Waals surface area (Å²) in [5.74, 6) is 0. The van der Waals surface area contributed by atoms with E-state index in [0.717, 1.165) is 18.7 Å². The third kappa shape index (κ3) is 2.56. The first-order valence-electron chi connectivity index (χ1n) is 5.30. The minimum Gasteiger partial charge on any atom is -0.386 e. The van der Waals surface area contributed by atoms with Crippen LogP contribution >= 0.6 is 0 Å². The number of ether oxygens (including phenoxy) is 1. The summed E-state index contributed by atoms with van der Waals surface area (Å²) in [5, 5.41) is 10.1. The van der Waals surface area contributed by atoms with Gasteiger partial charge in [0.2, 0.25) is 0 Å². The average Bonchev–Trinajstić information content (AvgIpc) is 2.29. The molecule has 0 radical (unpaired) electrons. The van der Waals surface area contributed by atoms with Crippen molar-refractivity contribution >= 4 is 0 Å². The van der Waals surface area contributed by atoms with Gasteiger partial charge < -0.3 is 14.7 Å². The predicted molar refractivity (Wildman–Crippen MR) is 58.6 cm³/mol. The van der Waals surface area contributed by atoms with Crippen LogP contribution in [0.5, 0.6) is 0 Å². The fourth-order valence-corrected chi connectivity index (χ4v) is 1.87. The fraction of sp³-hybridized carbons (Fsp3) is 0.500. The molecule has 3 nitrogen and oxygen atoms in total. The summed E-state index contributed by atoms with van der Waals surface area (Å²) in [6.45, 7) is 2.43. The molecule has 15 heavy (non-hydrogen) atoms. The number of likely N-dealkylation sites (N-methyl/N-ethyl adjacent to an activating group) is 1. The Bertz CT molecular complexity index is 302. The molecule has 1 saturated heterocycles. The van der Waals surface area contributed by atoms with Crippen LogP contribution < -0.4 is 0 Å². The quantitative estimate of drug-likeness (QED) is 0.787. The van der Waals surface area contributed by atoms with Crippen molar-refractivity contribution in [2.45, 2.75) is 12.2 Å². The Balaban J connectivity index is 2.04. The van der Waals surface area contributed by atoms with E-state index >= 15 is 0 Å². The second kappa shape index (κ2) is 4.75. The van der Waals surface area contributed by atoms with Crippen LogP contribution in [0.25, 0.3) is 0 Å². The van der Waals surface area contributed by atoms with E-state index in [2.05, 4.69) is 4.90 Å². The monoisotopic (exact) mass is 207 g/mol. The molecule has 2 atom stereocenters. The first-order valence-corrected chi connectivity index (χ1v) is 5.30. The van der Waals surface area contributed by atoms with Crippen molar-refractivity contribution < 1.29 is 9.84 Å². The Kier molecular flexibility index (Phi) is 3.36. The molecule has 0 spiro atoms. The molecule has 1 fully saturated rings. The zero-order valence-electron chi connectivity index (χ0n) is 8.97. The molecule has 1 aliphatic rings. The van der Waals surface area contributed by atoms with Gasteiger partial charge in [0.05, 0.1) is 6.61 Å². The predicted octanol–water partition coefficient (Wildman–Crippen LogP) is 1.05. The summed E-state index contributed by atoms with van der Waals surface area (Å²) in [6, 6.07) is 9.69. The van der Waals surface area contributed by atoms with Crippen LogP contribution in [0.15, 0.2) is 30.3 Å². The van der Waals surface area contributed by atoms with E-state index in [1.807, 2.05) is 37.4 Å². The van der Waals surface area contributed by atoms with Crippen molar-refractivity contribution in [3.63, 3.8) is 0 Å². The molecule has 1 aliphatic heterocycles. The van der Waals surface area contributed by atoms with E-state index in [-0.39, 0.29) is 6.10 Å². The zero-order valence-corrected chi connectivity index (χ0v) is 8.97. The number of benzene rings is 1. The summed E-state index contributed by atoms with van der Waals surface area (Å²) < 4.78 is 5.57. The lowest BCUT2D eigenvalue weighted by Gasteiger charge is -2.33. The van der Waals surface area contributed by atoms with Gasteiger partial charge in [-0.1, -0.05) is 30.3 Å². The first kappa shape index (κ1) is 10.6. The molecule has 82 valence electrons. The summed E-state index contributed by atoms with van der Waals surface area (Å²) >= 11 is 0. The van der Waals surface area contributed by atoms with E-state index in [4.69, 9.17) is 4.74 Å². The maximum absolute atomic E-state index is 10.1. The van der Waals surface area contributed by atoms with Crippen LogP contribution in [0.3, 0.4) is 0 Å². The highest BCUT2D eigenvalue weighted by atomic mass is 16.5. The number of hydrogen-bond donors (Lipinski definition) is 1. The topological polar surface area (TPSA) is 32.7 Å². The number of aliphatic hydroxyl groups is 1. The molecule has 1 aromatic carbocycles. The molecule has 1 heterocycles. The van der Waals surface area contributed by atoms with E-state index in [1.165, 1.54) is 0 Å². The number of nitrogens with zero attached hydrogens (tertiary/aromatic N) is 1. The smallest absolute Gasteiger partial charge is 0.106 e. The van der Waals surface area contributed by atoms with Gasteiger partial charge >= 0.3 is 0 Å². The average molecular weight is 207 g/mol. The van der Waals surface area contributed by atoms with Gasteiger partial charge in [-0.3, -0.25) is 0 Å². The van der Waals surface area contributed by atoms with Gasteiger partial charge in [-0.25, -0.2) is 0 Å². The standard InChI is InChI=1S/C12H17NO2/c1-13-7-8-15-11(9-13)12(14)10-5-3-2-4-6-10/h2-6,11-12,14H,7-9H2,1H3. The maximum atomic E-state index is 10.1. The molecule has 0 aliphatic carbocycles. The van der Waals surface area contributed by atoms with Crippen LogP contribution in [-0.2, 0) is 4.74 Å². The minimum atomic E-state index is -0.519. The van der Waals surface area contributed by atoms with Crippen molar-refractivity contribution in [2.75, 3.05) is 26.7 Å². The van der Waals surface area contributed by atoms with Gasteiger partial charge in [-0.05, 0) is 12.6 Å². The van der Waals surface area contributed by atoms with Crippen molar-refractivity contribution in [1.29, 1.82) is 0 Å². The van der Waals surface area contributed by atoms with E-state index < -0.39 is 6.10 Å². The summed E-state index contributed by atoms with van der Waals surface area (Å²) in [6.07, 6.45) is -0.625. The second-order valence-corrected chi connectivity index (χ2v) is 4.03. The molecule has 0 bridgehead atoms. The van der Waals surface area contributed by atoms with Crippen molar-refractivity contribution in [3.8, 4) is 0 Å². The highest BCUT2D eigenvalue weighted by molar-refractivity contribution is 5.18. The largest absolute Gasteiger partial charge is 0.386 e. The summed E-state index contributed by atoms with van der Waals surface area (Å²) in [5.41, 5.74) is 0.929. The van der Waals surface area contributed by atoms with Gasteiger partial charge in [0.1, 0.15) is 12.2 Å². The third-order valence-electron chi connectivity index (χ3n) is 2.79. The molecule has 2 rings (SSSR count). The fourth-order valence-electron chi connectivity index (χ4n) is 1.87. The Morgan fingerprint density at radius 3 is 2.80 bits per heavy atom. The number of hydrogen-bond acceptors (Lipinski definition) is 3. The molecule has 0 aromatic heterocycles. The maximum Gasteiger partial charge on any atom is 0.106 e. The van der Waals surface area contributed by atoms with Crippen molar-refractivity contribution in [3.05, 3.63) is 35.9 Å². The van der Waals surface area contributed by atoms with Crippen molar-refractivity contribution in [2.24, 2.45) is 0 Å². The van der Waals surface area contributed by atoms with Gasteiger partial charge in [-0.15, -0.1) is 0 Å². The molecule has 1 aromatic rings. The summed E-state index contributed by atoms with van der Waals surface area (Å²) in [7, 11) is 2.05. The third-order valence-corrected chi connectivity index (χ3v) is 2.79. The zero-order chi connectivity index (χ0) is 10.7. The second-order valence-electron chi connectivity index (χ2n) is 4.03. The van der Waals surface area contributed by atoms with E-state index in [1.54, 1.807) is 0 Å². The lowest BCUT2D eigenvalue weighted by atomic mass is 10.0. The minimum absolute atomic E-state index is 0.105. The van der Waals surface area contributed by atoms with Crippen LogP contribution in [0.1, 0.15) is 11.7 Å². The van der Waals surface area contributed by atoms with Crippen LogP contribution in [0, 0.1) is 0 Å². The van der Waals surface area contributed by atoms with Gasteiger partial charge in [0.25, 0.3) is 0 Å². The van der Waals surface area contributed by atoms with Crippen LogP contribution in [0.4, 0.5) is 0 Å². The van der Waals surface area contributed by atoms with Gasteiger partial charge in [0, 0.05) is 13.1 Å². The Hall–Kier alpha value is -0.900. The molecule has 3 heteroatoms. The van der Waals surface area contributed by atoms with Crippen molar-refractivity contribution in [1.82, 2.24) is 4.90 Å². The highest BCUT2D eigenvalue weighted by Crippen LogP contribution is 2.21. The molecular formula is C12H17NO2. The van der Waals surface area contributed by atoms with Crippen LogP contribution in [-0.4, -0.2) is 42.9 Å². The van der Waals surface area contributed by atoms with Gasteiger partial charge in [-0.2, -0.15) is 0 Å². The van der Waals surface area contributed by atoms with E-state index in [0.29, 0.717) is 6.61 Å². The highest BCUT2D eigenvalue weighted by Gasteiger charge is 2.25. The molecular weight excluding hydrogens is 190 g/mol. The number of morpholine rings is 1. The van der Waals surface area contributed by atoms with Gasteiger partial charge in [0.15, 0.2) is 0 Å².